The van der Waals surface area contributed by atoms with E-state index in [1.165, 1.54) is 11.8 Å². The van der Waals surface area contributed by atoms with Crippen LogP contribution in [-0.4, -0.2) is 52.2 Å². The Morgan fingerprint density at radius 1 is 1.26 bits per heavy atom. The molecule has 2 heterocycles. The summed E-state index contributed by atoms with van der Waals surface area (Å²) >= 11 is 0. The molecular formula is C26H37FN4O4. The number of benzene rings is 1. The van der Waals surface area contributed by atoms with Crippen molar-refractivity contribution in [2.45, 2.75) is 78.0 Å². The van der Waals surface area contributed by atoms with Gasteiger partial charge in [-0.3, -0.25) is 9.69 Å². The largest absolute Gasteiger partial charge is 0.444 e. The number of morpholine rings is 1. The van der Waals surface area contributed by atoms with E-state index in [0.717, 1.165) is 25.7 Å². The Balaban J connectivity index is 1.66. The number of carbonyl (C=O) groups is 2. The first-order valence-electron chi connectivity index (χ1n) is 12.6. The summed E-state index contributed by atoms with van der Waals surface area (Å²) in [5, 5.41) is 3.04. The fourth-order valence-electron chi connectivity index (χ4n) is 5.13. The minimum atomic E-state index is -0.658. The molecule has 2 amide bonds. The molecule has 1 aliphatic heterocycles. The van der Waals surface area contributed by atoms with Gasteiger partial charge >= 0.3 is 6.09 Å². The number of fused-ring (bicyclic) bond motifs is 1. The van der Waals surface area contributed by atoms with Gasteiger partial charge in [-0.15, -0.1) is 0 Å². The molecule has 4 rings (SSSR count). The maximum atomic E-state index is 15.9. The predicted octanol–water partition coefficient (Wildman–Crippen LogP) is 5.01. The van der Waals surface area contributed by atoms with Gasteiger partial charge in [0.1, 0.15) is 16.9 Å². The molecule has 0 unspecified atom stereocenters. The van der Waals surface area contributed by atoms with E-state index in [2.05, 4.69) is 22.2 Å². The van der Waals surface area contributed by atoms with E-state index in [1.54, 1.807) is 32.9 Å². The quantitative estimate of drug-likeness (QED) is 0.630. The van der Waals surface area contributed by atoms with E-state index >= 15 is 4.39 Å². The summed E-state index contributed by atoms with van der Waals surface area (Å²) in [5.41, 5.74) is 0.437. The second kappa shape index (κ2) is 10.1. The van der Waals surface area contributed by atoms with Crippen LogP contribution < -0.4 is 5.32 Å². The Morgan fingerprint density at radius 2 is 1.97 bits per heavy atom. The zero-order valence-corrected chi connectivity index (χ0v) is 21.3. The first kappa shape index (κ1) is 25.4. The number of hydrogen-bond acceptors (Lipinski definition) is 5. The Labute approximate surface area is 205 Å². The van der Waals surface area contributed by atoms with E-state index in [-0.39, 0.29) is 30.0 Å². The van der Waals surface area contributed by atoms with Crippen molar-refractivity contribution in [1.29, 1.82) is 0 Å². The minimum absolute atomic E-state index is 0.136. The van der Waals surface area contributed by atoms with Crippen molar-refractivity contribution in [3.8, 4) is 0 Å². The van der Waals surface area contributed by atoms with Gasteiger partial charge in [0.2, 0.25) is 5.91 Å². The number of halogens is 1. The van der Waals surface area contributed by atoms with Crippen LogP contribution in [0.5, 0.6) is 0 Å². The van der Waals surface area contributed by atoms with E-state index < -0.39 is 23.6 Å². The average molecular weight is 489 g/mol. The van der Waals surface area contributed by atoms with Crippen LogP contribution in [0.4, 0.5) is 9.18 Å². The zero-order chi connectivity index (χ0) is 25.3. The molecule has 2 atom stereocenters. The van der Waals surface area contributed by atoms with Gasteiger partial charge < -0.3 is 19.8 Å². The molecule has 8 nitrogen and oxygen atoms in total. The number of aromatic nitrogens is 2. The molecule has 2 N–H and O–H groups in total. The number of carbonyl (C=O) groups excluding carboxylic acids is 2. The fourth-order valence-corrected chi connectivity index (χ4v) is 5.13. The third-order valence-corrected chi connectivity index (χ3v) is 6.94. The van der Waals surface area contributed by atoms with E-state index in [9.17, 15) is 9.59 Å². The summed E-state index contributed by atoms with van der Waals surface area (Å²) in [7, 11) is 0. The van der Waals surface area contributed by atoms with Crippen LogP contribution in [0.25, 0.3) is 11.0 Å². The number of rotatable bonds is 4. The third kappa shape index (κ3) is 5.77. The summed E-state index contributed by atoms with van der Waals surface area (Å²) in [4.78, 5) is 34.2. The second-order valence-electron chi connectivity index (χ2n) is 10.9. The van der Waals surface area contributed by atoms with Crippen molar-refractivity contribution in [2.24, 2.45) is 11.8 Å². The molecule has 1 saturated carbocycles. The van der Waals surface area contributed by atoms with Crippen molar-refractivity contribution < 1.29 is 23.5 Å². The van der Waals surface area contributed by atoms with Crippen molar-refractivity contribution in [1.82, 2.24) is 20.2 Å². The summed E-state index contributed by atoms with van der Waals surface area (Å²) in [6.45, 7) is 10.0. The lowest BCUT2D eigenvalue weighted by molar-refractivity contribution is -0.120. The number of amides is 2. The zero-order valence-electron chi connectivity index (χ0n) is 21.3. The van der Waals surface area contributed by atoms with Crippen molar-refractivity contribution in [2.75, 3.05) is 19.8 Å². The highest BCUT2D eigenvalue weighted by Crippen LogP contribution is 2.37. The maximum absolute atomic E-state index is 15.9. The van der Waals surface area contributed by atoms with Crippen LogP contribution in [0, 0.1) is 17.7 Å². The van der Waals surface area contributed by atoms with Gasteiger partial charge in [0, 0.05) is 19.0 Å². The maximum Gasteiger partial charge on any atom is 0.410 e. The number of ether oxygens (including phenoxy) is 2. The van der Waals surface area contributed by atoms with Gasteiger partial charge in [-0.25, -0.2) is 14.2 Å². The van der Waals surface area contributed by atoms with Crippen LogP contribution in [0.1, 0.15) is 83.8 Å². The summed E-state index contributed by atoms with van der Waals surface area (Å²) in [6.07, 6.45) is 3.68. The Bertz CT molecular complexity index is 1070. The lowest BCUT2D eigenvalue weighted by atomic mass is 9.79. The topological polar surface area (TPSA) is 96.6 Å². The molecule has 1 aromatic carbocycles. The highest BCUT2D eigenvalue weighted by Gasteiger charge is 2.35. The number of nitrogens with one attached hydrogen (secondary N) is 2. The summed E-state index contributed by atoms with van der Waals surface area (Å²) in [5.74, 6) is 0.850. The van der Waals surface area contributed by atoms with Crippen LogP contribution in [0.2, 0.25) is 0 Å². The predicted molar refractivity (Wildman–Crippen MR) is 130 cm³/mol. The van der Waals surface area contributed by atoms with Crippen LogP contribution >= 0.6 is 0 Å². The monoisotopic (exact) mass is 488 g/mol. The molecule has 35 heavy (non-hydrogen) atoms. The molecule has 2 aromatic rings. The van der Waals surface area contributed by atoms with Gasteiger partial charge in [-0.05, 0) is 51.5 Å². The number of imidazole rings is 1. The van der Waals surface area contributed by atoms with Crippen LogP contribution in [0.3, 0.4) is 0 Å². The average Bonchev–Trinajstić information content (AvgIpc) is 3.22. The highest BCUT2D eigenvalue weighted by molar-refractivity contribution is 5.78. The molecule has 0 radical (unpaired) electrons. The first-order valence-corrected chi connectivity index (χ1v) is 12.6. The van der Waals surface area contributed by atoms with Gasteiger partial charge in [-0.1, -0.05) is 25.8 Å². The molecule has 0 spiro atoms. The Hall–Kier alpha value is -2.68. The van der Waals surface area contributed by atoms with Crippen LogP contribution in [0.15, 0.2) is 12.1 Å². The molecule has 9 heteroatoms. The number of hydrogen-bond donors (Lipinski definition) is 2. The smallest absolute Gasteiger partial charge is 0.410 e. The molecule has 1 saturated heterocycles. The van der Waals surface area contributed by atoms with Crippen molar-refractivity contribution >= 4 is 23.0 Å². The first-order chi connectivity index (χ1) is 16.5. The lowest BCUT2D eigenvalue weighted by Crippen LogP contribution is -2.46. The summed E-state index contributed by atoms with van der Waals surface area (Å²) < 4.78 is 27.0. The van der Waals surface area contributed by atoms with Gasteiger partial charge in [-0.2, -0.15) is 0 Å². The molecule has 2 fully saturated rings. The molecule has 1 aliphatic carbocycles. The normalized spacial score (nSPS) is 24.3. The molecule has 192 valence electrons. The van der Waals surface area contributed by atoms with Crippen molar-refractivity contribution in [3.63, 3.8) is 0 Å². The SMILES string of the molecule is CC(=O)N[C@H](c1nc2c(F)c([C@H]3COCCN3C(=O)OC(C)(C)C)ccc2[nH]1)C1CCC(C)CC1. The van der Waals surface area contributed by atoms with E-state index in [4.69, 9.17) is 9.47 Å². The molecular weight excluding hydrogens is 451 g/mol. The van der Waals surface area contributed by atoms with E-state index in [0.29, 0.717) is 36.0 Å². The Kier molecular flexibility index (Phi) is 7.35. The molecule has 1 aromatic heterocycles. The van der Waals surface area contributed by atoms with Crippen LogP contribution in [-0.2, 0) is 14.3 Å². The molecule has 2 aliphatic rings. The second-order valence-corrected chi connectivity index (χ2v) is 10.9. The highest BCUT2D eigenvalue weighted by atomic mass is 19.1. The van der Waals surface area contributed by atoms with Gasteiger partial charge in [0.05, 0.1) is 30.8 Å². The summed E-state index contributed by atoms with van der Waals surface area (Å²) in [6, 6.07) is 2.53. The molecule has 0 bridgehead atoms. The van der Waals surface area contributed by atoms with Gasteiger partial charge in [0.15, 0.2) is 5.82 Å². The number of aromatic amines is 1. The Morgan fingerprint density at radius 3 is 2.63 bits per heavy atom. The fraction of sp³-hybridized carbons (Fsp3) is 0.654. The van der Waals surface area contributed by atoms with E-state index in [1.807, 2.05) is 0 Å². The number of nitrogens with zero attached hydrogens (tertiary/aromatic N) is 2. The van der Waals surface area contributed by atoms with Gasteiger partial charge in [0.25, 0.3) is 0 Å². The number of H-pyrrole nitrogens is 1. The lowest BCUT2D eigenvalue weighted by Gasteiger charge is -2.36. The minimum Gasteiger partial charge on any atom is -0.444 e. The standard InChI is InChI=1S/C26H37FN4O4/c1-15-6-8-17(9-7-15)22(28-16(2)32)24-29-19-11-10-18(21(27)23(19)30-24)20-14-34-13-12-31(20)25(33)35-26(3,4)5/h10-11,15,17,20,22H,6-9,12-14H2,1-5H3,(H,28,32)(H,29,30)/t15?,17?,20-,22+/m1/s1. The van der Waals surface area contributed by atoms with Crippen molar-refractivity contribution in [3.05, 3.63) is 29.3 Å². The third-order valence-electron chi connectivity index (χ3n) is 6.94.